The fourth-order valence-electron chi connectivity index (χ4n) is 2.59. The van der Waals surface area contributed by atoms with Crippen molar-refractivity contribution in [3.8, 4) is 17.2 Å². The topological polar surface area (TPSA) is 83.4 Å². The van der Waals surface area contributed by atoms with Crippen LogP contribution >= 0.6 is 15.9 Å². The molecule has 0 atom stereocenters. The lowest BCUT2D eigenvalue weighted by molar-refractivity contribution is -0.134. The van der Waals surface area contributed by atoms with E-state index in [4.69, 9.17) is 18.9 Å². The van der Waals surface area contributed by atoms with Gasteiger partial charge in [0.05, 0.1) is 19.8 Å². The average Bonchev–Trinajstić information content (AvgIpc) is 3.08. The molecule has 0 saturated carbocycles. The van der Waals surface area contributed by atoms with Crippen LogP contribution in [0.2, 0.25) is 0 Å². The van der Waals surface area contributed by atoms with E-state index in [9.17, 15) is 9.59 Å². The third kappa shape index (κ3) is 4.48. The van der Waals surface area contributed by atoms with E-state index in [-0.39, 0.29) is 23.8 Å². The zero-order chi connectivity index (χ0) is 21.0. The van der Waals surface area contributed by atoms with Crippen molar-refractivity contribution in [1.29, 1.82) is 0 Å². The third-order valence-corrected chi connectivity index (χ3v) is 4.71. The highest BCUT2D eigenvalue weighted by molar-refractivity contribution is 9.10. The van der Waals surface area contributed by atoms with Gasteiger partial charge in [-0.3, -0.25) is 4.79 Å². The van der Waals surface area contributed by atoms with Gasteiger partial charge in [0.25, 0.3) is 0 Å². The SMILES string of the molecule is CCC(=O)Oc1c(OC)cc(/C=C2/N=C(c3ccccc3Br)OC2=O)cc1OC. The summed E-state index contributed by atoms with van der Waals surface area (Å²) >= 11 is 3.42. The fraction of sp³-hybridized carbons (Fsp3) is 0.190. The standard InChI is InChI=1S/C21H18BrNO6/c1-4-18(24)28-19-16(26-2)10-12(11-17(19)27-3)9-15-21(25)29-20(23-15)13-7-5-6-8-14(13)22/h5-11H,4H2,1-3H3/b15-9+. The molecule has 0 amide bonds. The molecule has 1 aliphatic rings. The second-order valence-electron chi connectivity index (χ2n) is 5.90. The predicted molar refractivity (Wildman–Crippen MR) is 110 cm³/mol. The van der Waals surface area contributed by atoms with Crippen molar-refractivity contribution in [2.75, 3.05) is 14.2 Å². The van der Waals surface area contributed by atoms with Crippen LogP contribution in [0.3, 0.4) is 0 Å². The van der Waals surface area contributed by atoms with Gasteiger partial charge < -0.3 is 18.9 Å². The van der Waals surface area contributed by atoms with E-state index >= 15 is 0 Å². The molecule has 8 heteroatoms. The van der Waals surface area contributed by atoms with Gasteiger partial charge in [-0.15, -0.1) is 0 Å². The normalized spacial score (nSPS) is 14.4. The number of aliphatic imine (C=N–C) groups is 1. The van der Waals surface area contributed by atoms with E-state index in [1.165, 1.54) is 14.2 Å². The van der Waals surface area contributed by atoms with Crippen molar-refractivity contribution >= 4 is 39.8 Å². The van der Waals surface area contributed by atoms with Gasteiger partial charge in [-0.2, -0.15) is 0 Å². The molecule has 2 aromatic rings. The summed E-state index contributed by atoms with van der Waals surface area (Å²) in [6, 6.07) is 10.5. The summed E-state index contributed by atoms with van der Waals surface area (Å²) in [5, 5.41) is 0. The summed E-state index contributed by atoms with van der Waals surface area (Å²) in [5.41, 5.74) is 1.36. The van der Waals surface area contributed by atoms with Crippen molar-refractivity contribution in [3.05, 3.63) is 57.7 Å². The molecule has 150 valence electrons. The number of nitrogens with zero attached hydrogens (tertiary/aromatic N) is 1. The number of cyclic esters (lactones) is 1. The first-order chi connectivity index (χ1) is 14.0. The summed E-state index contributed by atoms with van der Waals surface area (Å²) < 4.78 is 22.0. The minimum absolute atomic E-state index is 0.123. The van der Waals surface area contributed by atoms with E-state index < -0.39 is 11.9 Å². The largest absolute Gasteiger partial charge is 0.493 e. The molecule has 0 unspecified atom stereocenters. The molecule has 7 nitrogen and oxygen atoms in total. The second kappa shape index (κ2) is 8.91. The minimum atomic E-state index is -0.574. The van der Waals surface area contributed by atoms with E-state index in [2.05, 4.69) is 20.9 Å². The van der Waals surface area contributed by atoms with Crippen molar-refractivity contribution in [2.45, 2.75) is 13.3 Å². The summed E-state index contributed by atoms with van der Waals surface area (Å²) in [6.07, 6.45) is 1.75. The monoisotopic (exact) mass is 459 g/mol. The van der Waals surface area contributed by atoms with Gasteiger partial charge in [0, 0.05) is 10.9 Å². The zero-order valence-electron chi connectivity index (χ0n) is 16.0. The molecular weight excluding hydrogens is 442 g/mol. The highest BCUT2D eigenvalue weighted by atomic mass is 79.9. The number of halogens is 1. The fourth-order valence-corrected chi connectivity index (χ4v) is 3.04. The Morgan fingerprint density at radius 1 is 1.17 bits per heavy atom. The van der Waals surface area contributed by atoms with E-state index in [0.29, 0.717) is 22.6 Å². The smallest absolute Gasteiger partial charge is 0.363 e. The molecule has 0 aliphatic carbocycles. The summed E-state index contributed by atoms with van der Waals surface area (Å²) in [5.74, 6) is -0.0276. The minimum Gasteiger partial charge on any atom is -0.493 e. The molecule has 0 fully saturated rings. The maximum absolute atomic E-state index is 12.3. The Morgan fingerprint density at radius 3 is 2.41 bits per heavy atom. The summed E-state index contributed by atoms with van der Waals surface area (Å²) in [4.78, 5) is 28.3. The van der Waals surface area contributed by atoms with Gasteiger partial charge in [0.2, 0.25) is 11.6 Å². The highest BCUT2D eigenvalue weighted by Crippen LogP contribution is 2.39. The molecule has 1 heterocycles. The Kier molecular flexibility index (Phi) is 6.33. The first-order valence-electron chi connectivity index (χ1n) is 8.71. The number of hydrogen-bond acceptors (Lipinski definition) is 7. The molecule has 0 spiro atoms. The van der Waals surface area contributed by atoms with Crippen LogP contribution in [-0.4, -0.2) is 32.1 Å². The Bertz CT molecular complexity index is 1000. The lowest BCUT2D eigenvalue weighted by Gasteiger charge is -2.13. The van der Waals surface area contributed by atoms with Crippen LogP contribution in [0.4, 0.5) is 0 Å². The number of esters is 2. The number of ether oxygens (including phenoxy) is 4. The molecule has 0 aromatic heterocycles. The highest BCUT2D eigenvalue weighted by Gasteiger charge is 2.26. The Morgan fingerprint density at radius 2 is 1.83 bits per heavy atom. The van der Waals surface area contributed by atoms with Gasteiger partial charge in [0.15, 0.2) is 17.2 Å². The number of benzene rings is 2. The molecule has 1 aliphatic heterocycles. The predicted octanol–water partition coefficient (Wildman–Crippen LogP) is 4.13. The summed E-state index contributed by atoms with van der Waals surface area (Å²) in [6.45, 7) is 1.69. The van der Waals surface area contributed by atoms with Crippen LogP contribution in [0, 0.1) is 0 Å². The molecule has 0 bridgehead atoms. The van der Waals surface area contributed by atoms with Gasteiger partial charge in [0.1, 0.15) is 0 Å². The number of carbonyl (C=O) groups excluding carboxylic acids is 2. The lowest BCUT2D eigenvalue weighted by atomic mass is 10.1. The summed E-state index contributed by atoms with van der Waals surface area (Å²) in [7, 11) is 2.89. The molecule has 0 N–H and O–H groups in total. The van der Waals surface area contributed by atoms with Crippen LogP contribution in [0.15, 0.2) is 51.6 Å². The van der Waals surface area contributed by atoms with E-state index in [1.54, 1.807) is 31.2 Å². The number of rotatable bonds is 6. The molecule has 29 heavy (non-hydrogen) atoms. The zero-order valence-corrected chi connectivity index (χ0v) is 17.6. The second-order valence-corrected chi connectivity index (χ2v) is 6.75. The molecule has 0 saturated heterocycles. The number of methoxy groups -OCH3 is 2. The molecular formula is C21H18BrNO6. The van der Waals surface area contributed by atoms with Gasteiger partial charge in [-0.25, -0.2) is 9.79 Å². The van der Waals surface area contributed by atoms with Crippen molar-refractivity contribution in [3.63, 3.8) is 0 Å². The van der Waals surface area contributed by atoms with Crippen LogP contribution in [0.25, 0.3) is 6.08 Å². The Labute approximate surface area is 176 Å². The first kappa shape index (κ1) is 20.6. The molecule has 2 aromatic carbocycles. The molecule has 0 radical (unpaired) electrons. The average molecular weight is 460 g/mol. The van der Waals surface area contributed by atoms with E-state index in [0.717, 1.165) is 4.47 Å². The Hall–Kier alpha value is -3.13. The number of carbonyl (C=O) groups is 2. The first-order valence-corrected chi connectivity index (χ1v) is 9.50. The van der Waals surface area contributed by atoms with Crippen molar-refractivity contribution in [2.24, 2.45) is 4.99 Å². The van der Waals surface area contributed by atoms with Crippen LogP contribution < -0.4 is 14.2 Å². The van der Waals surface area contributed by atoms with Crippen molar-refractivity contribution < 1.29 is 28.5 Å². The lowest BCUT2D eigenvalue weighted by Crippen LogP contribution is -2.08. The van der Waals surface area contributed by atoms with Gasteiger partial charge in [-0.1, -0.05) is 19.1 Å². The quantitative estimate of drug-likeness (QED) is 0.366. The van der Waals surface area contributed by atoms with Gasteiger partial charge >= 0.3 is 11.9 Å². The maximum atomic E-state index is 12.3. The van der Waals surface area contributed by atoms with Gasteiger partial charge in [-0.05, 0) is 51.8 Å². The number of hydrogen-bond donors (Lipinski definition) is 0. The van der Waals surface area contributed by atoms with Crippen LogP contribution in [0.1, 0.15) is 24.5 Å². The van der Waals surface area contributed by atoms with Crippen LogP contribution in [-0.2, 0) is 14.3 Å². The third-order valence-electron chi connectivity index (χ3n) is 4.02. The van der Waals surface area contributed by atoms with Crippen molar-refractivity contribution in [1.82, 2.24) is 0 Å². The van der Waals surface area contributed by atoms with E-state index in [1.807, 2.05) is 18.2 Å². The van der Waals surface area contributed by atoms with Crippen LogP contribution in [0.5, 0.6) is 17.2 Å². The Balaban J connectivity index is 2.00. The maximum Gasteiger partial charge on any atom is 0.363 e. The molecule has 3 rings (SSSR count).